The second kappa shape index (κ2) is 10.1. The minimum atomic E-state index is -0.374. The molecule has 2 aromatic carbocycles. The summed E-state index contributed by atoms with van der Waals surface area (Å²) in [5, 5.41) is 24.1. The number of nitrogens with zero attached hydrogens (tertiary/aromatic N) is 1. The van der Waals surface area contributed by atoms with Gasteiger partial charge in [0, 0.05) is 55.9 Å². The molecule has 3 rings (SSSR count). The Morgan fingerprint density at radius 1 is 1.11 bits per heavy atom. The average molecular weight is 407 g/mol. The van der Waals surface area contributed by atoms with Crippen LogP contribution >= 0.6 is 12.4 Å². The highest BCUT2D eigenvalue weighted by Crippen LogP contribution is 2.42. The Labute approximate surface area is 173 Å². The third kappa shape index (κ3) is 5.39. The molecule has 154 valence electrons. The summed E-state index contributed by atoms with van der Waals surface area (Å²) in [4.78, 5) is 2.34. The molecule has 1 saturated heterocycles. The second-order valence-electron chi connectivity index (χ2n) is 7.83. The monoisotopic (exact) mass is 406 g/mol. The fraction of sp³-hybridized carbons (Fsp3) is 0.455. The Bertz CT molecular complexity index is 734. The molecule has 0 unspecified atom stereocenters. The number of rotatable bonds is 7. The van der Waals surface area contributed by atoms with Crippen LogP contribution < -0.4 is 10.1 Å². The number of phenols is 1. The van der Waals surface area contributed by atoms with Crippen LogP contribution in [0.3, 0.4) is 0 Å². The summed E-state index contributed by atoms with van der Waals surface area (Å²) in [5.74, 6) is 0.853. The summed E-state index contributed by atoms with van der Waals surface area (Å²) in [6, 6.07) is 15.4. The molecule has 1 aliphatic rings. The van der Waals surface area contributed by atoms with E-state index in [-0.39, 0.29) is 36.2 Å². The van der Waals surface area contributed by atoms with Crippen LogP contribution in [0, 0.1) is 5.41 Å². The van der Waals surface area contributed by atoms with Crippen molar-refractivity contribution in [1.29, 1.82) is 0 Å². The Hall–Kier alpha value is -1.79. The van der Waals surface area contributed by atoms with Crippen molar-refractivity contribution in [2.75, 3.05) is 32.8 Å². The van der Waals surface area contributed by atoms with E-state index >= 15 is 0 Å². The number of phenolic OH excluding ortho intramolecular Hbond substituents is 1. The SMILES string of the molecule is CC(C)(CO)[C@@H](c1ccc(OCc2ccccc2)cc1O)N1CCNCC1.Cl. The number of ether oxygens (including phenoxy) is 1. The van der Waals surface area contributed by atoms with Gasteiger partial charge in [-0.3, -0.25) is 4.90 Å². The van der Waals surface area contributed by atoms with Gasteiger partial charge in [0.1, 0.15) is 18.1 Å². The Balaban J connectivity index is 0.00000280. The fourth-order valence-corrected chi connectivity index (χ4v) is 3.72. The van der Waals surface area contributed by atoms with Gasteiger partial charge in [0.25, 0.3) is 0 Å². The molecule has 3 N–H and O–H groups in total. The van der Waals surface area contributed by atoms with E-state index in [1.807, 2.05) is 56.3 Å². The molecule has 6 heteroatoms. The van der Waals surface area contributed by atoms with Gasteiger partial charge in [0.05, 0.1) is 0 Å². The van der Waals surface area contributed by atoms with Gasteiger partial charge in [-0.15, -0.1) is 12.4 Å². The van der Waals surface area contributed by atoms with Crippen LogP contribution in [0.2, 0.25) is 0 Å². The molecule has 28 heavy (non-hydrogen) atoms. The van der Waals surface area contributed by atoms with E-state index in [0.717, 1.165) is 37.3 Å². The minimum Gasteiger partial charge on any atom is -0.507 e. The number of aliphatic hydroxyl groups is 1. The normalized spacial score (nSPS) is 16.2. The summed E-state index contributed by atoms with van der Waals surface area (Å²) >= 11 is 0. The quantitative estimate of drug-likeness (QED) is 0.658. The lowest BCUT2D eigenvalue weighted by Gasteiger charge is -2.43. The zero-order chi connectivity index (χ0) is 19.3. The molecule has 0 saturated carbocycles. The molecule has 0 aliphatic carbocycles. The van der Waals surface area contributed by atoms with Crippen LogP contribution in [-0.2, 0) is 6.61 Å². The first-order valence-electron chi connectivity index (χ1n) is 9.56. The van der Waals surface area contributed by atoms with Gasteiger partial charge in [-0.05, 0) is 11.6 Å². The van der Waals surface area contributed by atoms with Gasteiger partial charge >= 0.3 is 0 Å². The van der Waals surface area contributed by atoms with Crippen LogP contribution in [0.5, 0.6) is 11.5 Å². The van der Waals surface area contributed by atoms with Crippen LogP contribution in [0.4, 0.5) is 0 Å². The predicted octanol–water partition coefficient (Wildman–Crippen LogP) is 3.36. The molecule has 0 spiro atoms. The highest BCUT2D eigenvalue weighted by molar-refractivity contribution is 5.85. The predicted molar refractivity (Wildman–Crippen MR) is 114 cm³/mol. The first kappa shape index (κ1) is 22.5. The molecule has 1 fully saturated rings. The standard InChI is InChI=1S/C22H30N2O3.ClH/c1-22(2,16-25)21(24-12-10-23-11-13-24)19-9-8-18(14-20(19)26)27-15-17-6-4-3-5-7-17;/h3-9,14,21,23,25-26H,10-13,15-16H2,1-2H3;1H/t21-;/m1./s1. The third-order valence-corrected chi connectivity index (χ3v) is 5.21. The number of aliphatic hydroxyl groups excluding tert-OH is 1. The summed E-state index contributed by atoms with van der Waals surface area (Å²) < 4.78 is 5.83. The third-order valence-electron chi connectivity index (χ3n) is 5.21. The van der Waals surface area contributed by atoms with E-state index in [4.69, 9.17) is 4.74 Å². The van der Waals surface area contributed by atoms with Crippen molar-refractivity contribution in [1.82, 2.24) is 10.2 Å². The highest BCUT2D eigenvalue weighted by atomic mass is 35.5. The van der Waals surface area contributed by atoms with Crippen molar-refractivity contribution < 1.29 is 14.9 Å². The van der Waals surface area contributed by atoms with Crippen molar-refractivity contribution in [2.45, 2.75) is 26.5 Å². The molecule has 2 aromatic rings. The average Bonchev–Trinajstić information content (AvgIpc) is 2.69. The molecule has 5 nitrogen and oxygen atoms in total. The molecule has 0 aromatic heterocycles. The van der Waals surface area contributed by atoms with Crippen molar-refractivity contribution >= 4 is 12.4 Å². The molecule has 0 amide bonds. The van der Waals surface area contributed by atoms with Crippen LogP contribution in [0.25, 0.3) is 0 Å². The highest BCUT2D eigenvalue weighted by Gasteiger charge is 2.37. The van der Waals surface area contributed by atoms with Crippen molar-refractivity contribution in [3.63, 3.8) is 0 Å². The van der Waals surface area contributed by atoms with E-state index < -0.39 is 0 Å². The van der Waals surface area contributed by atoms with Gasteiger partial charge < -0.3 is 20.3 Å². The maximum absolute atomic E-state index is 10.7. The number of hydrogen-bond donors (Lipinski definition) is 3. The maximum atomic E-state index is 10.7. The fourth-order valence-electron chi connectivity index (χ4n) is 3.72. The lowest BCUT2D eigenvalue weighted by Crippen LogP contribution is -2.49. The van der Waals surface area contributed by atoms with Gasteiger partial charge in [-0.25, -0.2) is 0 Å². The Kier molecular flexibility index (Phi) is 8.13. The number of piperazine rings is 1. The van der Waals surface area contributed by atoms with E-state index in [9.17, 15) is 10.2 Å². The summed E-state index contributed by atoms with van der Waals surface area (Å²) in [5.41, 5.74) is 1.55. The lowest BCUT2D eigenvalue weighted by atomic mass is 9.79. The minimum absolute atomic E-state index is 0. The summed E-state index contributed by atoms with van der Waals surface area (Å²) in [7, 11) is 0. The zero-order valence-corrected chi connectivity index (χ0v) is 17.4. The largest absolute Gasteiger partial charge is 0.507 e. The number of halogens is 1. The lowest BCUT2D eigenvalue weighted by molar-refractivity contribution is 0.0292. The first-order valence-corrected chi connectivity index (χ1v) is 9.56. The van der Waals surface area contributed by atoms with E-state index in [1.54, 1.807) is 6.07 Å². The summed E-state index contributed by atoms with van der Waals surface area (Å²) in [6.07, 6.45) is 0. The molecule has 0 bridgehead atoms. The van der Waals surface area contributed by atoms with Gasteiger partial charge in [0.2, 0.25) is 0 Å². The molecule has 1 aliphatic heterocycles. The molecule has 0 radical (unpaired) electrons. The van der Waals surface area contributed by atoms with E-state index in [2.05, 4.69) is 10.2 Å². The smallest absolute Gasteiger partial charge is 0.124 e. The topological polar surface area (TPSA) is 65.0 Å². The molecule has 1 heterocycles. The van der Waals surface area contributed by atoms with Gasteiger partial charge in [-0.1, -0.05) is 50.2 Å². The van der Waals surface area contributed by atoms with Crippen LogP contribution in [0.1, 0.15) is 31.0 Å². The van der Waals surface area contributed by atoms with Gasteiger partial charge in [0.15, 0.2) is 0 Å². The van der Waals surface area contributed by atoms with Crippen molar-refractivity contribution in [3.05, 3.63) is 59.7 Å². The molecular formula is C22H31ClN2O3. The second-order valence-corrected chi connectivity index (χ2v) is 7.83. The molecular weight excluding hydrogens is 376 g/mol. The molecule has 1 atom stereocenters. The Morgan fingerprint density at radius 2 is 1.79 bits per heavy atom. The van der Waals surface area contributed by atoms with Crippen molar-refractivity contribution in [3.8, 4) is 11.5 Å². The number of aromatic hydroxyl groups is 1. The number of benzene rings is 2. The number of nitrogens with one attached hydrogen (secondary N) is 1. The van der Waals surface area contributed by atoms with Crippen LogP contribution in [-0.4, -0.2) is 47.9 Å². The first-order chi connectivity index (χ1) is 13.0. The Morgan fingerprint density at radius 3 is 2.39 bits per heavy atom. The zero-order valence-electron chi connectivity index (χ0n) is 16.6. The van der Waals surface area contributed by atoms with Crippen molar-refractivity contribution in [2.24, 2.45) is 5.41 Å². The van der Waals surface area contributed by atoms with Gasteiger partial charge in [-0.2, -0.15) is 0 Å². The van der Waals surface area contributed by atoms with Crippen LogP contribution in [0.15, 0.2) is 48.5 Å². The number of hydrogen-bond acceptors (Lipinski definition) is 5. The van der Waals surface area contributed by atoms with E-state index in [1.165, 1.54) is 0 Å². The summed E-state index contributed by atoms with van der Waals surface area (Å²) in [6.45, 7) is 8.20. The maximum Gasteiger partial charge on any atom is 0.124 e. The van der Waals surface area contributed by atoms with E-state index in [0.29, 0.717) is 12.4 Å².